The van der Waals surface area contributed by atoms with Gasteiger partial charge in [-0.1, -0.05) is 13.0 Å². The van der Waals surface area contributed by atoms with Crippen molar-refractivity contribution in [3.05, 3.63) is 40.8 Å². The molecule has 1 heterocycles. The lowest BCUT2D eigenvalue weighted by Crippen LogP contribution is -2.41. The molecule has 1 aromatic carbocycles. The number of sulfone groups is 1. The molecule has 21 heavy (non-hydrogen) atoms. The lowest BCUT2D eigenvalue weighted by molar-refractivity contribution is -0.118. The molecular formula is C16H21NO3S. The number of rotatable bonds is 4. The van der Waals surface area contributed by atoms with Crippen LogP contribution in [0.2, 0.25) is 0 Å². The van der Waals surface area contributed by atoms with Crippen LogP contribution in [-0.4, -0.2) is 26.1 Å². The summed E-state index contributed by atoms with van der Waals surface area (Å²) in [5, 5.41) is 1.21. The fraction of sp³-hybridized carbons (Fsp3) is 0.438. The third kappa shape index (κ3) is 3.73. The van der Waals surface area contributed by atoms with E-state index in [4.69, 9.17) is 0 Å². The third-order valence-corrected chi connectivity index (χ3v) is 4.84. The zero-order chi connectivity index (χ0) is 15.6. The highest BCUT2D eigenvalue weighted by Crippen LogP contribution is 2.26. The van der Waals surface area contributed by atoms with Crippen molar-refractivity contribution in [2.75, 3.05) is 10.7 Å². The number of hydrogen-bond donors (Lipinski definition) is 0. The fourth-order valence-electron chi connectivity index (χ4n) is 2.66. The van der Waals surface area contributed by atoms with Gasteiger partial charge in [0.05, 0.1) is 11.8 Å². The van der Waals surface area contributed by atoms with Gasteiger partial charge in [-0.3, -0.25) is 4.79 Å². The molecule has 0 bridgehead atoms. The van der Waals surface area contributed by atoms with Gasteiger partial charge in [0.2, 0.25) is 5.91 Å². The number of carbonyl (C=O) groups excluding carboxylic acids is 1. The number of amides is 1. The van der Waals surface area contributed by atoms with Gasteiger partial charge in [-0.25, -0.2) is 8.42 Å². The van der Waals surface area contributed by atoms with Crippen LogP contribution in [0.3, 0.4) is 0 Å². The van der Waals surface area contributed by atoms with E-state index in [1.165, 1.54) is 5.41 Å². The van der Waals surface area contributed by atoms with E-state index in [-0.39, 0.29) is 11.7 Å². The smallest absolute Gasteiger partial charge is 0.227 e. The lowest BCUT2D eigenvalue weighted by atomic mass is 10.1. The van der Waals surface area contributed by atoms with E-state index in [1.807, 2.05) is 39.0 Å². The molecule has 0 fully saturated rings. The first-order chi connectivity index (χ1) is 9.82. The van der Waals surface area contributed by atoms with Crippen molar-refractivity contribution in [2.45, 2.75) is 39.7 Å². The predicted molar refractivity (Wildman–Crippen MR) is 85.0 cm³/mol. The van der Waals surface area contributed by atoms with Crippen molar-refractivity contribution in [3.8, 4) is 0 Å². The zero-order valence-electron chi connectivity index (χ0n) is 12.7. The SMILES string of the molecule is CCCC(=O)N(c1cc(C)cc(C)c1)[C@@H]1C=CS(=O)(=O)C1. The third-order valence-electron chi connectivity index (χ3n) is 3.46. The Kier molecular flexibility index (Phi) is 4.52. The molecule has 1 amide bonds. The molecular weight excluding hydrogens is 286 g/mol. The first-order valence-corrected chi connectivity index (χ1v) is 8.85. The molecule has 1 aliphatic rings. The van der Waals surface area contributed by atoms with Gasteiger partial charge < -0.3 is 4.90 Å². The number of carbonyl (C=O) groups is 1. The second kappa shape index (κ2) is 6.02. The average Bonchev–Trinajstić information content (AvgIpc) is 2.68. The molecule has 2 rings (SSSR count). The van der Waals surface area contributed by atoms with Crippen LogP contribution in [0.5, 0.6) is 0 Å². The molecule has 0 spiro atoms. The molecule has 0 unspecified atom stereocenters. The van der Waals surface area contributed by atoms with Crippen molar-refractivity contribution in [2.24, 2.45) is 0 Å². The fourth-order valence-corrected chi connectivity index (χ4v) is 3.93. The largest absolute Gasteiger partial charge is 0.304 e. The lowest BCUT2D eigenvalue weighted by Gasteiger charge is -2.28. The second-order valence-corrected chi connectivity index (χ2v) is 7.52. The number of aryl methyl sites for hydroxylation is 2. The Morgan fingerprint density at radius 3 is 2.33 bits per heavy atom. The molecule has 1 aliphatic heterocycles. The summed E-state index contributed by atoms with van der Waals surface area (Å²) >= 11 is 0. The first-order valence-electron chi connectivity index (χ1n) is 7.13. The number of benzene rings is 1. The number of anilines is 1. The Hall–Kier alpha value is -1.62. The van der Waals surface area contributed by atoms with E-state index in [0.29, 0.717) is 6.42 Å². The highest BCUT2D eigenvalue weighted by atomic mass is 32.2. The molecule has 5 heteroatoms. The average molecular weight is 307 g/mol. The Morgan fingerprint density at radius 1 is 1.24 bits per heavy atom. The monoisotopic (exact) mass is 307 g/mol. The Bertz CT molecular complexity index is 657. The minimum absolute atomic E-state index is 0.0323. The highest BCUT2D eigenvalue weighted by Gasteiger charge is 2.31. The van der Waals surface area contributed by atoms with Gasteiger partial charge in [0.1, 0.15) is 0 Å². The molecule has 0 saturated carbocycles. The van der Waals surface area contributed by atoms with Crippen LogP contribution in [0, 0.1) is 13.8 Å². The van der Waals surface area contributed by atoms with Gasteiger partial charge in [-0.2, -0.15) is 0 Å². The van der Waals surface area contributed by atoms with Gasteiger partial charge in [-0.15, -0.1) is 0 Å². The standard InChI is InChI=1S/C16H21NO3S/c1-4-5-16(18)17(14-6-7-21(19,20)11-14)15-9-12(2)8-13(3)10-15/h6-10,14H,4-5,11H2,1-3H3/t14-/m1/s1. The van der Waals surface area contributed by atoms with E-state index >= 15 is 0 Å². The second-order valence-electron chi connectivity index (χ2n) is 5.59. The first kappa shape index (κ1) is 15.8. The summed E-state index contributed by atoms with van der Waals surface area (Å²) in [5.74, 6) is -0.0654. The molecule has 1 atom stereocenters. The maximum absolute atomic E-state index is 12.5. The normalized spacial score (nSPS) is 19.7. The van der Waals surface area contributed by atoms with Crippen molar-refractivity contribution in [1.82, 2.24) is 0 Å². The van der Waals surface area contributed by atoms with Crippen LogP contribution >= 0.6 is 0 Å². The molecule has 4 nitrogen and oxygen atoms in total. The van der Waals surface area contributed by atoms with Gasteiger partial charge in [0.25, 0.3) is 0 Å². The maximum Gasteiger partial charge on any atom is 0.227 e. The topological polar surface area (TPSA) is 54.5 Å². The summed E-state index contributed by atoms with van der Waals surface area (Å²) in [6, 6.07) is 5.49. The van der Waals surface area contributed by atoms with E-state index in [1.54, 1.807) is 11.0 Å². The molecule has 0 aromatic heterocycles. The summed E-state index contributed by atoms with van der Waals surface area (Å²) in [5.41, 5.74) is 2.89. The van der Waals surface area contributed by atoms with Crippen LogP contribution in [0.15, 0.2) is 29.7 Å². The number of hydrogen-bond acceptors (Lipinski definition) is 3. The van der Waals surface area contributed by atoms with E-state index in [0.717, 1.165) is 23.2 Å². The minimum atomic E-state index is -3.19. The quantitative estimate of drug-likeness (QED) is 0.859. The molecule has 0 radical (unpaired) electrons. The van der Waals surface area contributed by atoms with Gasteiger partial charge in [-0.05, 0) is 49.6 Å². The van der Waals surface area contributed by atoms with Crippen LogP contribution in [0.25, 0.3) is 0 Å². The van der Waals surface area contributed by atoms with Crippen LogP contribution in [-0.2, 0) is 14.6 Å². The van der Waals surface area contributed by atoms with E-state index in [2.05, 4.69) is 0 Å². The Labute approximate surface area is 126 Å². The van der Waals surface area contributed by atoms with Crippen LogP contribution < -0.4 is 4.90 Å². The summed E-state index contributed by atoms with van der Waals surface area (Å²) < 4.78 is 23.3. The summed E-state index contributed by atoms with van der Waals surface area (Å²) in [4.78, 5) is 14.1. The van der Waals surface area contributed by atoms with E-state index < -0.39 is 15.9 Å². The number of nitrogens with zero attached hydrogens (tertiary/aromatic N) is 1. The van der Waals surface area contributed by atoms with Gasteiger partial charge >= 0.3 is 0 Å². The molecule has 0 N–H and O–H groups in total. The summed E-state index contributed by atoms with van der Waals surface area (Å²) in [7, 11) is -3.19. The van der Waals surface area contributed by atoms with Gasteiger partial charge in [0.15, 0.2) is 9.84 Å². The predicted octanol–water partition coefficient (Wildman–Crippen LogP) is 2.75. The minimum Gasteiger partial charge on any atom is -0.304 e. The van der Waals surface area contributed by atoms with E-state index in [9.17, 15) is 13.2 Å². The molecule has 114 valence electrons. The Balaban J connectivity index is 2.41. The highest BCUT2D eigenvalue weighted by molar-refractivity contribution is 7.94. The molecule has 0 saturated heterocycles. The molecule has 1 aromatic rings. The van der Waals surface area contributed by atoms with Crippen molar-refractivity contribution in [3.63, 3.8) is 0 Å². The van der Waals surface area contributed by atoms with Crippen molar-refractivity contribution < 1.29 is 13.2 Å². The van der Waals surface area contributed by atoms with Crippen molar-refractivity contribution >= 4 is 21.4 Å². The summed E-state index contributed by atoms with van der Waals surface area (Å²) in [6.45, 7) is 5.89. The molecule has 0 aliphatic carbocycles. The van der Waals surface area contributed by atoms with Crippen molar-refractivity contribution in [1.29, 1.82) is 0 Å². The maximum atomic E-state index is 12.5. The van der Waals surface area contributed by atoms with Crippen LogP contribution in [0.1, 0.15) is 30.9 Å². The Morgan fingerprint density at radius 2 is 1.86 bits per heavy atom. The van der Waals surface area contributed by atoms with Crippen LogP contribution in [0.4, 0.5) is 5.69 Å². The summed E-state index contributed by atoms with van der Waals surface area (Å²) in [6.07, 6.45) is 2.77. The zero-order valence-corrected chi connectivity index (χ0v) is 13.5. The van der Waals surface area contributed by atoms with Gasteiger partial charge in [0, 0.05) is 17.5 Å².